The molecule has 0 spiro atoms. The zero-order valence-electron chi connectivity index (χ0n) is 16.1. The van der Waals surface area contributed by atoms with Crippen LogP contribution in [-0.4, -0.2) is 68.6 Å². The Balaban J connectivity index is 0.00000243. The fourth-order valence-corrected chi connectivity index (χ4v) is 4.83. The van der Waals surface area contributed by atoms with E-state index in [1.807, 2.05) is 18.4 Å². The first-order chi connectivity index (χ1) is 12.3. The lowest BCUT2D eigenvalue weighted by Crippen LogP contribution is -2.44. The number of aliphatic imine (C=N–C) groups is 1. The Hall–Kier alpha value is -0.380. The van der Waals surface area contributed by atoms with Crippen LogP contribution < -0.4 is 10.6 Å². The predicted molar refractivity (Wildman–Crippen MR) is 123 cm³/mol. The number of hydrogen-bond acceptors (Lipinski definition) is 4. The van der Waals surface area contributed by atoms with Gasteiger partial charge >= 0.3 is 0 Å². The van der Waals surface area contributed by atoms with Gasteiger partial charge in [0.05, 0.1) is 6.04 Å². The molecule has 0 aromatic carbocycles. The van der Waals surface area contributed by atoms with Crippen LogP contribution >= 0.6 is 35.3 Å². The fraction of sp³-hybridized carbons (Fsp3) is 0.737. The van der Waals surface area contributed by atoms with Gasteiger partial charge in [0.1, 0.15) is 0 Å². The van der Waals surface area contributed by atoms with Gasteiger partial charge in [-0.2, -0.15) is 0 Å². The Kier molecular flexibility index (Phi) is 9.66. The highest BCUT2D eigenvalue weighted by Gasteiger charge is 2.25. The van der Waals surface area contributed by atoms with Crippen LogP contribution in [0.3, 0.4) is 0 Å². The minimum absolute atomic E-state index is 0. The maximum absolute atomic E-state index is 4.43. The van der Waals surface area contributed by atoms with Crippen molar-refractivity contribution < 1.29 is 0 Å². The van der Waals surface area contributed by atoms with Crippen LogP contribution in [0.25, 0.3) is 0 Å². The van der Waals surface area contributed by atoms with Crippen molar-refractivity contribution in [3.8, 4) is 0 Å². The minimum atomic E-state index is 0. The molecule has 1 aromatic rings. The highest BCUT2D eigenvalue weighted by atomic mass is 127. The first kappa shape index (κ1) is 21.9. The van der Waals surface area contributed by atoms with Gasteiger partial charge in [-0.05, 0) is 62.8 Å². The number of nitrogens with one attached hydrogen (secondary N) is 2. The van der Waals surface area contributed by atoms with Gasteiger partial charge in [-0.15, -0.1) is 35.3 Å². The van der Waals surface area contributed by atoms with Gasteiger partial charge in [0, 0.05) is 31.6 Å². The summed E-state index contributed by atoms with van der Waals surface area (Å²) in [7, 11) is 1.87. The molecule has 2 aliphatic heterocycles. The second-order valence-corrected chi connectivity index (χ2v) is 8.14. The van der Waals surface area contributed by atoms with E-state index < -0.39 is 0 Å². The predicted octanol–water partition coefficient (Wildman–Crippen LogP) is 3.01. The number of hydrogen-bond donors (Lipinski definition) is 2. The Labute approximate surface area is 179 Å². The third-order valence-electron chi connectivity index (χ3n) is 5.51. The molecule has 0 bridgehead atoms. The molecular formula is C19H34IN5S. The van der Waals surface area contributed by atoms with Gasteiger partial charge in [-0.1, -0.05) is 13.0 Å². The SMILES string of the molecule is CCN1CCC(CNC(=NC)NCC(c2cccs2)N2CCCC2)C1.I. The molecule has 0 amide bonds. The molecule has 2 aliphatic rings. The van der Waals surface area contributed by atoms with Crippen LogP contribution in [0.5, 0.6) is 0 Å². The van der Waals surface area contributed by atoms with Crippen LogP contribution in [-0.2, 0) is 0 Å². The van der Waals surface area contributed by atoms with Gasteiger partial charge in [0.25, 0.3) is 0 Å². The van der Waals surface area contributed by atoms with E-state index in [2.05, 4.69) is 49.9 Å². The van der Waals surface area contributed by atoms with E-state index in [1.54, 1.807) is 0 Å². The molecule has 7 heteroatoms. The zero-order chi connectivity index (χ0) is 17.5. The van der Waals surface area contributed by atoms with Gasteiger partial charge in [-0.25, -0.2) is 0 Å². The molecule has 3 heterocycles. The standard InChI is InChI=1S/C19H33N5S.HI/c1-3-23-11-8-16(15-23)13-21-19(20-2)22-14-17(18-7-6-12-25-18)24-9-4-5-10-24;/h6-7,12,16-17H,3-5,8-11,13-15H2,1-2H3,(H2,20,21,22);1H. The first-order valence-corrected chi connectivity index (χ1v) is 10.6. The Morgan fingerprint density at radius 2 is 2.12 bits per heavy atom. The van der Waals surface area contributed by atoms with E-state index in [0.29, 0.717) is 6.04 Å². The van der Waals surface area contributed by atoms with Crippen molar-refractivity contribution >= 4 is 41.3 Å². The van der Waals surface area contributed by atoms with Gasteiger partial charge in [0.2, 0.25) is 0 Å². The molecule has 5 nitrogen and oxygen atoms in total. The number of guanidine groups is 1. The van der Waals surface area contributed by atoms with Crippen LogP contribution in [0.4, 0.5) is 0 Å². The monoisotopic (exact) mass is 491 g/mol. The van der Waals surface area contributed by atoms with Crippen molar-refractivity contribution in [2.75, 3.05) is 52.9 Å². The van der Waals surface area contributed by atoms with E-state index in [1.165, 1.54) is 56.9 Å². The molecule has 2 unspecified atom stereocenters. The van der Waals surface area contributed by atoms with E-state index in [4.69, 9.17) is 0 Å². The van der Waals surface area contributed by atoms with Crippen molar-refractivity contribution in [1.29, 1.82) is 0 Å². The van der Waals surface area contributed by atoms with E-state index in [0.717, 1.165) is 25.0 Å². The lowest BCUT2D eigenvalue weighted by Gasteiger charge is -2.27. The molecule has 2 saturated heterocycles. The normalized spacial score (nSPS) is 23.0. The Morgan fingerprint density at radius 1 is 1.31 bits per heavy atom. The van der Waals surface area contributed by atoms with E-state index >= 15 is 0 Å². The molecular weight excluding hydrogens is 457 g/mol. The molecule has 148 valence electrons. The topological polar surface area (TPSA) is 42.9 Å². The van der Waals surface area contributed by atoms with Crippen molar-refractivity contribution in [2.24, 2.45) is 10.9 Å². The fourth-order valence-electron chi connectivity index (χ4n) is 3.97. The summed E-state index contributed by atoms with van der Waals surface area (Å²) >= 11 is 1.87. The lowest BCUT2D eigenvalue weighted by atomic mass is 10.1. The molecule has 2 atom stereocenters. The number of nitrogens with zero attached hydrogens (tertiary/aromatic N) is 3. The quantitative estimate of drug-likeness (QED) is 0.350. The second kappa shape index (κ2) is 11.5. The third kappa shape index (κ3) is 6.07. The van der Waals surface area contributed by atoms with Crippen molar-refractivity contribution in [1.82, 2.24) is 20.4 Å². The molecule has 26 heavy (non-hydrogen) atoms. The molecule has 3 rings (SSSR count). The average Bonchev–Trinajstić information content (AvgIpc) is 3.40. The highest BCUT2D eigenvalue weighted by Crippen LogP contribution is 2.27. The number of halogens is 1. The van der Waals surface area contributed by atoms with Crippen molar-refractivity contribution in [3.63, 3.8) is 0 Å². The minimum Gasteiger partial charge on any atom is -0.356 e. The molecule has 2 fully saturated rings. The Bertz CT molecular complexity index is 530. The first-order valence-electron chi connectivity index (χ1n) is 9.74. The van der Waals surface area contributed by atoms with Crippen molar-refractivity contribution in [2.45, 2.75) is 32.2 Å². The molecule has 2 N–H and O–H groups in total. The molecule has 1 aromatic heterocycles. The van der Waals surface area contributed by atoms with Crippen LogP contribution in [0.2, 0.25) is 0 Å². The summed E-state index contributed by atoms with van der Waals surface area (Å²) in [5.74, 6) is 1.68. The van der Waals surface area contributed by atoms with Crippen LogP contribution in [0.15, 0.2) is 22.5 Å². The zero-order valence-corrected chi connectivity index (χ0v) is 19.3. The van der Waals surface area contributed by atoms with Crippen molar-refractivity contribution in [3.05, 3.63) is 22.4 Å². The van der Waals surface area contributed by atoms with Gasteiger partial charge in [-0.3, -0.25) is 9.89 Å². The number of rotatable bonds is 7. The summed E-state index contributed by atoms with van der Waals surface area (Å²) < 4.78 is 0. The average molecular weight is 491 g/mol. The third-order valence-corrected chi connectivity index (χ3v) is 6.49. The Morgan fingerprint density at radius 3 is 2.73 bits per heavy atom. The largest absolute Gasteiger partial charge is 0.356 e. The number of likely N-dealkylation sites (tertiary alicyclic amines) is 2. The smallest absolute Gasteiger partial charge is 0.191 e. The molecule has 0 aliphatic carbocycles. The highest BCUT2D eigenvalue weighted by molar-refractivity contribution is 14.0. The summed E-state index contributed by atoms with van der Waals surface area (Å²) in [6.07, 6.45) is 3.94. The van der Waals surface area contributed by atoms with Gasteiger partial charge < -0.3 is 15.5 Å². The lowest BCUT2D eigenvalue weighted by molar-refractivity contribution is 0.249. The van der Waals surface area contributed by atoms with Gasteiger partial charge in [0.15, 0.2) is 5.96 Å². The van der Waals surface area contributed by atoms with Crippen LogP contribution in [0, 0.1) is 5.92 Å². The van der Waals surface area contributed by atoms with E-state index in [9.17, 15) is 0 Å². The summed E-state index contributed by atoms with van der Waals surface area (Å²) in [5.41, 5.74) is 0. The van der Waals surface area contributed by atoms with Crippen LogP contribution in [0.1, 0.15) is 37.1 Å². The van der Waals surface area contributed by atoms with E-state index in [-0.39, 0.29) is 24.0 Å². The maximum Gasteiger partial charge on any atom is 0.191 e. The number of thiophene rings is 1. The molecule has 0 saturated carbocycles. The summed E-state index contributed by atoms with van der Waals surface area (Å²) in [6.45, 7) is 10.2. The molecule has 0 radical (unpaired) electrons. The maximum atomic E-state index is 4.43. The summed E-state index contributed by atoms with van der Waals surface area (Å²) in [5, 5.41) is 9.30. The summed E-state index contributed by atoms with van der Waals surface area (Å²) in [4.78, 5) is 11.0. The summed E-state index contributed by atoms with van der Waals surface area (Å²) in [6, 6.07) is 4.89. The second-order valence-electron chi connectivity index (χ2n) is 7.16.